The second-order valence-electron chi connectivity index (χ2n) is 5.57. The maximum atomic E-state index is 12.1. The molecule has 0 bridgehead atoms. The number of carbonyl (C=O) groups excluding carboxylic acids is 1. The van der Waals surface area contributed by atoms with E-state index in [1.54, 1.807) is 19.0 Å². The normalized spacial score (nSPS) is 11.6. The second kappa shape index (κ2) is 7.28. The molecule has 0 unspecified atom stereocenters. The minimum absolute atomic E-state index is 0.0688. The summed E-state index contributed by atoms with van der Waals surface area (Å²) < 4.78 is 0. The van der Waals surface area contributed by atoms with Gasteiger partial charge >= 0.3 is 0 Å². The van der Waals surface area contributed by atoms with Gasteiger partial charge in [0.2, 0.25) is 0 Å². The standard InChI is InChI=1S/C18H27NO/c1-7-9-15(10-8-2)17-13(3)11-16(12-14(17)4)18(20)19(5)6/h9,11-12H,7-8,10H2,1-6H3/b15-9+. The van der Waals surface area contributed by atoms with Crippen LogP contribution >= 0.6 is 0 Å². The molecule has 0 radical (unpaired) electrons. The van der Waals surface area contributed by atoms with Crippen LogP contribution in [0.3, 0.4) is 0 Å². The van der Waals surface area contributed by atoms with Crippen molar-refractivity contribution in [1.82, 2.24) is 4.90 Å². The van der Waals surface area contributed by atoms with Gasteiger partial charge in [-0.3, -0.25) is 4.79 Å². The number of benzene rings is 1. The molecule has 1 aromatic rings. The number of aryl methyl sites for hydroxylation is 2. The van der Waals surface area contributed by atoms with Gasteiger partial charge in [0, 0.05) is 19.7 Å². The summed E-state index contributed by atoms with van der Waals surface area (Å²) in [6, 6.07) is 4.04. The van der Waals surface area contributed by atoms with Crippen LogP contribution in [0.4, 0.5) is 0 Å². The zero-order valence-corrected chi connectivity index (χ0v) is 13.7. The highest BCUT2D eigenvalue weighted by Crippen LogP contribution is 2.28. The highest BCUT2D eigenvalue weighted by Gasteiger charge is 2.14. The fourth-order valence-electron chi connectivity index (χ4n) is 2.70. The number of rotatable bonds is 5. The smallest absolute Gasteiger partial charge is 0.253 e. The van der Waals surface area contributed by atoms with Crippen LogP contribution in [0.2, 0.25) is 0 Å². The maximum Gasteiger partial charge on any atom is 0.253 e. The first-order valence-electron chi connectivity index (χ1n) is 7.44. The average Bonchev–Trinajstić information content (AvgIpc) is 2.37. The second-order valence-corrected chi connectivity index (χ2v) is 5.57. The summed E-state index contributed by atoms with van der Waals surface area (Å²) >= 11 is 0. The molecule has 1 aromatic carbocycles. The first kappa shape index (κ1) is 16.5. The Morgan fingerprint density at radius 3 is 2.10 bits per heavy atom. The van der Waals surface area contributed by atoms with E-state index in [1.807, 2.05) is 12.1 Å². The first-order valence-corrected chi connectivity index (χ1v) is 7.44. The Hall–Kier alpha value is -1.57. The first-order chi connectivity index (χ1) is 9.42. The Morgan fingerprint density at radius 1 is 1.15 bits per heavy atom. The molecule has 0 aromatic heterocycles. The van der Waals surface area contributed by atoms with Gasteiger partial charge in [-0.2, -0.15) is 0 Å². The summed E-state index contributed by atoms with van der Waals surface area (Å²) in [7, 11) is 3.58. The molecule has 0 aliphatic carbocycles. The van der Waals surface area contributed by atoms with Crippen molar-refractivity contribution in [3.63, 3.8) is 0 Å². The lowest BCUT2D eigenvalue weighted by Crippen LogP contribution is -2.22. The Bertz CT molecular complexity index is 489. The molecule has 0 spiro atoms. The summed E-state index contributed by atoms with van der Waals surface area (Å²) in [5, 5.41) is 0. The molecule has 110 valence electrons. The highest BCUT2D eigenvalue weighted by molar-refractivity contribution is 5.95. The van der Waals surface area contributed by atoms with Gasteiger partial charge in [0.25, 0.3) is 5.91 Å². The molecule has 2 nitrogen and oxygen atoms in total. The molecule has 2 heteroatoms. The van der Waals surface area contributed by atoms with E-state index in [0.29, 0.717) is 0 Å². The minimum atomic E-state index is 0.0688. The number of hydrogen-bond donors (Lipinski definition) is 0. The van der Waals surface area contributed by atoms with Gasteiger partial charge in [-0.1, -0.05) is 26.3 Å². The number of amides is 1. The van der Waals surface area contributed by atoms with E-state index in [0.717, 1.165) is 24.8 Å². The van der Waals surface area contributed by atoms with Crippen LogP contribution in [0.15, 0.2) is 18.2 Å². The van der Waals surface area contributed by atoms with Crippen molar-refractivity contribution in [2.24, 2.45) is 0 Å². The molecular weight excluding hydrogens is 246 g/mol. The lowest BCUT2D eigenvalue weighted by Gasteiger charge is -2.17. The van der Waals surface area contributed by atoms with Crippen LogP contribution in [0, 0.1) is 13.8 Å². The van der Waals surface area contributed by atoms with Gasteiger partial charge in [0.15, 0.2) is 0 Å². The third kappa shape index (κ3) is 3.72. The summed E-state index contributed by atoms with van der Waals surface area (Å²) in [4.78, 5) is 13.7. The van der Waals surface area contributed by atoms with Crippen LogP contribution in [0.5, 0.6) is 0 Å². The summed E-state index contributed by atoms with van der Waals surface area (Å²) in [6.45, 7) is 8.59. The third-order valence-electron chi connectivity index (χ3n) is 3.48. The number of nitrogens with zero attached hydrogens (tertiary/aromatic N) is 1. The van der Waals surface area contributed by atoms with Gasteiger partial charge in [-0.15, -0.1) is 0 Å². The van der Waals surface area contributed by atoms with Crippen molar-refractivity contribution < 1.29 is 4.79 Å². The van der Waals surface area contributed by atoms with E-state index in [1.165, 1.54) is 22.3 Å². The number of hydrogen-bond acceptors (Lipinski definition) is 1. The van der Waals surface area contributed by atoms with Crippen molar-refractivity contribution in [2.45, 2.75) is 47.0 Å². The highest BCUT2D eigenvalue weighted by atomic mass is 16.2. The van der Waals surface area contributed by atoms with Crippen molar-refractivity contribution in [3.05, 3.63) is 40.5 Å². The van der Waals surface area contributed by atoms with E-state index < -0.39 is 0 Å². The molecule has 0 atom stereocenters. The average molecular weight is 273 g/mol. The van der Waals surface area contributed by atoms with Gasteiger partial charge in [0.05, 0.1) is 0 Å². The molecule has 0 fully saturated rings. The maximum absolute atomic E-state index is 12.1. The summed E-state index contributed by atoms with van der Waals surface area (Å²) in [5.41, 5.74) is 5.91. The van der Waals surface area contributed by atoms with Crippen molar-refractivity contribution in [2.75, 3.05) is 14.1 Å². The predicted molar refractivity (Wildman–Crippen MR) is 87.1 cm³/mol. The SMILES string of the molecule is CC/C=C(\CCC)c1c(C)cc(C(=O)N(C)C)cc1C. The van der Waals surface area contributed by atoms with Gasteiger partial charge in [-0.05, 0) is 61.1 Å². The van der Waals surface area contributed by atoms with Gasteiger partial charge < -0.3 is 4.90 Å². The summed E-state index contributed by atoms with van der Waals surface area (Å²) in [6.07, 6.45) is 5.60. The Balaban J connectivity index is 3.30. The molecule has 20 heavy (non-hydrogen) atoms. The van der Waals surface area contributed by atoms with Gasteiger partial charge in [0.1, 0.15) is 0 Å². The topological polar surface area (TPSA) is 20.3 Å². The Morgan fingerprint density at radius 2 is 1.70 bits per heavy atom. The summed E-state index contributed by atoms with van der Waals surface area (Å²) in [5.74, 6) is 0.0688. The Labute approximate surface area is 123 Å². The lowest BCUT2D eigenvalue weighted by molar-refractivity contribution is 0.0827. The fraction of sp³-hybridized carbons (Fsp3) is 0.500. The minimum Gasteiger partial charge on any atom is -0.345 e. The predicted octanol–water partition coefficient (Wildman–Crippen LogP) is 4.60. The lowest BCUT2D eigenvalue weighted by atomic mass is 9.90. The molecule has 0 heterocycles. The van der Waals surface area contributed by atoms with E-state index in [9.17, 15) is 4.79 Å². The quantitative estimate of drug-likeness (QED) is 0.768. The fourth-order valence-corrected chi connectivity index (χ4v) is 2.70. The van der Waals surface area contributed by atoms with Crippen LogP contribution < -0.4 is 0 Å². The Kier molecular flexibility index (Phi) is 6.00. The van der Waals surface area contributed by atoms with Crippen molar-refractivity contribution in [3.8, 4) is 0 Å². The third-order valence-corrected chi connectivity index (χ3v) is 3.48. The van der Waals surface area contributed by atoms with E-state index in [-0.39, 0.29) is 5.91 Å². The van der Waals surface area contributed by atoms with Crippen LogP contribution in [0.25, 0.3) is 5.57 Å². The van der Waals surface area contributed by atoms with Crippen LogP contribution in [-0.4, -0.2) is 24.9 Å². The number of carbonyl (C=O) groups is 1. The molecule has 1 amide bonds. The molecule has 0 aliphatic heterocycles. The zero-order valence-electron chi connectivity index (χ0n) is 13.7. The van der Waals surface area contributed by atoms with Crippen molar-refractivity contribution in [1.29, 1.82) is 0 Å². The van der Waals surface area contributed by atoms with E-state index in [4.69, 9.17) is 0 Å². The zero-order chi connectivity index (χ0) is 15.3. The monoisotopic (exact) mass is 273 g/mol. The molecule has 0 N–H and O–H groups in total. The molecular formula is C18H27NO. The van der Waals surface area contributed by atoms with Crippen LogP contribution in [0.1, 0.15) is 60.2 Å². The molecule has 0 aliphatic rings. The number of allylic oxidation sites excluding steroid dienone is 2. The van der Waals surface area contributed by atoms with Gasteiger partial charge in [-0.25, -0.2) is 0 Å². The molecule has 0 saturated heterocycles. The van der Waals surface area contributed by atoms with Crippen molar-refractivity contribution >= 4 is 11.5 Å². The van der Waals surface area contributed by atoms with E-state index in [2.05, 4.69) is 33.8 Å². The van der Waals surface area contributed by atoms with Crippen LogP contribution in [-0.2, 0) is 0 Å². The van der Waals surface area contributed by atoms with E-state index >= 15 is 0 Å². The molecule has 1 rings (SSSR count). The largest absolute Gasteiger partial charge is 0.345 e. The molecule has 0 saturated carbocycles.